The van der Waals surface area contributed by atoms with Crippen molar-refractivity contribution in [3.8, 4) is 11.3 Å². The maximum absolute atomic E-state index is 15.8. The van der Waals surface area contributed by atoms with Crippen LogP contribution < -0.4 is 0 Å². The largest absolute Gasteiger partial charge is 0.383 e. The minimum absolute atomic E-state index is 0.0337. The average Bonchev–Trinajstić information content (AvgIpc) is 3.13. The van der Waals surface area contributed by atoms with Gasteiger partial charge < -0.3 is 4.90 Å². The van der Waals surface area contributed by atoms with Crippen molar-refractivity contribution in [2.75, 3.05) is 21.1 Å². The van der Waals surface area contributed by atoms with E-state index in [2.05, 4.69) is 30.3 Å². The highest BCUT2D eigenvalue weighted by Crippen LogP contribution is 2.35. The minimum Gasteiger partial charge on any atom is -0.383 e. The molecule has 1 unspecified atom stereocenters. The van der Waals surface area contributed by atoms with Crippen LogP contribution in [0.1, 0.15) is 62.8 Å². The normalized spacial score (nSPS) is 18.3. The Hall–Kier alpha value is -4.12. The van der Waals surface area contributed by atoms with Gasteiger partial charge in [-0.3, -0.25) is 9.79 Å². The van der Waals surface area contributed by atoms with Crippen molar-refractivity contribution in [3.63, 3.8) is 0 Å². The Morgan fingerprint density at radius 3 is 2.61 bits per heavy atom. The molecule has 1 aromatic carbocycles. The second kappa shape index (κ2) is 14.5. The molecule has 0 saturated heterocycles. The molecule has 5 heteroatoms. The lowest BCUT2D eigenvalue weighted by atomic mass is 9.91. The number of aliphatic imine (C=N–C) groups is 1. The van der Waals surface area contributed by atoms with Crippen molar-refractivity contribution in [2.24, 2.45) is 4.99 Å². The molecule has 0 bridgehead atoms. The van der Waals surface area contributed by atoms with E-state index in [1.807, 2.05) is 86.8 Å². The predicted octanol–water partition coefficient (Wildman–Crippen LogP) is 8.70. The number of rotatable bonds is 11. The van der Waals surface area contributed by atoms with E-state index in [1.165, 1.54) is 0 Å². The Labute approximate surface area is 245 Å². The van der Waals surface area contributed by atoms with E-state index >= 15 is 4.39 Å². The van der Waals surface area contributed by atoms with Gasteiger partial charge >= 0.3 is 0 Å². The van der Waals surface area contributed by atoms with Gasteiger partial charge in [0.2, 0.25) is 0 Å². The van der Waals surface area contributed by atoms with E-state index < -0.39 is 5.67 Å². The predicted molar refractivity (Wildman–Crippen MR) is 173 cm³/mol. The second-order valence-electron chi connectivity index (χ2n) is 10.9. The summed E-state index contributed by atoms with van der Waals surface area (Å²) < 4.78 is 15.8. The van der Waals surface area contributed by atoms with Crippen molar-refractivity contribution in [2.45, 2.75) is 51.6 Å². The lowest BCUT2D eigenvalue weighted by molar-refractivity contribution is -0.113. The van der Waals surface area contributed by atoms with Crippen LogP contribution in [0.5, 0.6) is 0 Å². The fourth-order valence-corrected chi connectivity index (χ4v) is 4.97. The summed E-state index contributed by atoms with van der Waals surface area (Å²) in [6.45, 7) is 11.5. The van der Waals surface area contributed by atoms with Gasteiger partial charge in [0.05, 0.1) is 11.4 Å². The van der Waals surface area contributed by atoms with E-state index in [0.717, 1.165) is 50.4 Å². The molecule has 41 heavy (non-hydrogen) atoms. The highest BCUT2D eigenvalue weighted by Gasteiger charge is 2.30. The molecule has 0 saturated carbocycles. The number of allylic oxidation sites excluding steroid dienone is 8. The molecule has 0 aliphatic heterocycles. The van der Waals surface area contributed by atoms with Gasteiger partial charge in [-0.2, -0.15) is 0 Å². The monoisotopic (exact) mass is 551 g/mol. The molecule has 3 rings (SSSR count). The maximum Gasteiger partial charge on any atom is 0.155 e. The first-order chi connectivity index (χ1) is 19.5. The Morgan fingerprint density at radius 2 is 1.95 bits per heavy atom. The molecular weight excluding hydrogens is 509 g/mol. The van der Waals surface area contributed by atoms with E-state index in [1.54, 1.807) is 20.2 Å². The molecule has 0 fully saturated rings. The third-order valence-corrected chi connectivity index (χ3v) is 7.05. The number of nitrogens with zero attached hydrogens (tertiary/aromatic N) is 3. The first kappa shape index (κ1) is 31.4. The van der Waals surface area contributed by atoms with Crippen LogP contribution in [0.3, 0.4) is 0 Å². The summed E-state index contributed by atoms with van der Waals surface area (Å²) in [5, 5.41) is 0. The van der Waals surface area contributed by atoms with Crippen LogP contribution in [-0.2, 0) is 4.79 Å². The summed E-state index contributed by atoms with van der Waals surface area (Å²) in [7, 11) is 5.70. The third-order valence-electron chi connectivity index (χ3n) is 7.05. The first-order valence-corrected chi connectivity index (χ1v) is 14.0. The van der Waals surface area contributed by atoms with Gasteiger partial charge in [0.15, 0.2) is 5.78 Å². The third kappa shape index (κ3) is 8.94. The molecule has 1 aliphatic rings. The van der Waals surface area contributed by atoms with Gasteiger partial charge in [-0.25, -0.2) is 9.37 Å². The fourth-order valence-electron chi connectivity index (χ4n) is 4.97. The summed E-state index contributed by atoms with van der Waals surface area (Å²) in [4.78, 5) is 23.1. The summed E-state index contributed by atoms with van der Waals surface area (Å²) in [5.74, 6) is 0.0337. The zero-order valence-electron chi connectivity index (χ0n) is 25.1. The number of halogens is 1. The number of Topliss-reactive ketones (excluding diaryl/α,β-unsaturated/α-hetero) is 1. The Kier molecular flexibility index (Phi) is 11.1. The Morgan fingerprint density at radius 1 is 1.17 bits per heavy atom. The number of carbonyl (C=O) groups is 1. The summed E-state index contributed by atoms with van der Waals surface area (Å²) in [5.41, 5.74) is 6.61. The first-order valence-electron chi connectivity index (χ1n) is 14.0. The molecule has 1 atom stereocenters. The minimum atomic E-state index is -1.36. The number of benzene rings is 1. The number of ketones is 1. The molecule has 1 aromatic heterocycles. The second-order valence-corrected chi connectivity index (χ2v) is 10.9. The van der Waals surface area contributed by atoms with Gasteiger partial charge in [0.1, 0.15) is 5.67 Å². The number of pyridine rings is 1. The number of hydrogen-bond acceptors (Lipinski definition) is 4. The molecule has 4 nitrogen and oxygen atoms in total. The van der Waals surface area contributed by atoms with E-state index in [4.69, 9.17) is 4.98 Å². The van der Waals surface area contributed by atoms with Crippen molar-refractivity contribution in [1.82, 2.24) is 9.88 Å². The van der Waals surface area contributed by atoms with Crippen molar-refractivity contribution in [3.05, 3.63) is 108 Å². The molecule has 1 aliphatic carbocycles. The zero-order valence-corrected chi connectivity index (χ0v) is 25.1. The van der Waals surface area contributed by atoms with Gasteiger partial charge in [-0.15, -0.1) is 0 Å². The van der Waals surface area contributed by atoms with E-state index in [-0.39, 0.29) is 12.2 Å². The lowest BCUT2D eigenvalue weighted by Crippen LogP contribution is -2.21. The van der Waals surface area contributed by atoms with Crippen LogP contribution in [-0.4, -0.2) is 48.7 Å². The zero-order chi connectivity index (χ0) is 30.0. The standard InChI is InChI=1S/C36H42FN3O/c1-8-28(25-40(6)7)30-12-9-13-31(23-30)34-17-16-33(32(24-38-5)22-26(2)3)35(39-34)15-11-20-36(37)19-10-14-29(18-21-36)27(4)41/h8-9,11-17,22-25H,1-2,10,18-21H2,3-7H3/b15-11+,28-25+,32-22+,38-24-. The van der Waals surface area contributed by atoms with Crippen molar-refractivity contribution >= 4 is 29.2 Å². The SMILES string of the molecule is C=C/C(=C\N(C)C)c1cccc(-c2ccc(C(/C=N\C)=C/C(=C)C)c(/C=C/CC3(F)CCC=C(C(C)=O)CC3)n2)c1. The Bertz CT molecular complexity index is 1440. The van der Waals surface area contributed by atoms with Gasteiger partial charge in [0.25, 0.3) is 0 Å². The molecule has 0 spiro atoms. The molecule has 0 N–H and O–H groups in total. The number of alkyl halides is 1. The number of hydrogen-bond donors (Lipinski definition) is 0. The lowest BCUT2D eigenvalue weighted by Gasteiger charge is -2.22. The van der Waals surface area contributed by atoms with Crippen LogP contribution in [0.25, 0.3) is 28.5 Å². The van der Waals surface area contributed by atoms with Crippen molar-refractivity contribution < 1.29 is 9.18 Å². The summed E-state index contributed by atoms with van der Waals surface area (Å²) in [6, 6.07) is 12.3. The molecule has 0 amide bonds. The molecule has 0 radical (unpaired) electrons. The van der Waals surface area contributed by atoms with Crippen LogP contribution in [0.15, 0.2) is 96.2 Å². The van der Waals surface area contributed by atoms with Gasteiger partial charge in [-0.05, 0) is 86.9 Å². The highest BCUT2D eigenvalue weighted by atomic mass is 19.1. The van der Waals surface area contributed by atoms with Gasteiger partial charge in [0, 0.05) is 50.3 Å². The number of aromatic nitrogens is 1. The van der Waals surface area contributed by atoms with Crippen LogP contribution >= 0.6 is 0 Å². The van der Waals surface area contributed by atoms with Crippen molar-refractivity contribution in [1.29, 1.82) is 0 Å². The maximum atomic E-state index is 15.8. The van der Waals surface area contributed by atoms with E-state index in [0.29, 0.717) is 25.7 Å². The highest BCUT2D eigenvalue weighted by molar-refractivity contribution is 6.11. The van der Waals surface area contributed by atoms with Crippen LogP contribution in [0.4, 0.5) is 4.39 Å². The molecule has 214 valence electrons. The van der Waals surface area contributed by atoms with E-state index in [9.17, 15) is 4.79 Å². The van der Waals surface area contributed by atoms with Crippen LogP contribution in [0, 0.1) is 0 Å². The quantitative estimate of drug-likeness (QED) is 0.207. The van der Waals surface area contributed by atoms with Gasteiger partial charge in [-0.1, -0.05) is 61.2 Å². The fraction of sp³-hybridized carbons (Fsp3) is 0.306. The summed E-state index contributed by atoms with van der Waals surface area (Å²) in [6.07, 6.45) is 15.4. The van der Waals surface area contributed by atoms with Crippen LogP contribution in [0.2, 0.25) is 0 Å². The molecular formula is C36H42FN3O. The molecule has 1 heterocycles. The molecule has 2 aromatic rings. The summed E-state index contributed by atoms with van der Waals surface area (Å²) >= 11 is 0. The smallest absolute Gasteiger partial charge is 0.155 e. The Balaban J connectivity index is 2.02. The average molecular weight is 552 g/mol. The topological polar surface area (TPSA) is 45.6 Å². The number of carbonyl (C=O) groups excluding carboxylic acids is 1.